The standard InChI is InChI=1S/C15H19F3N2O3/c1-2-12(21)11-3-4-13(15(16,17)18)20(14(11)22)6-5-19-7-9-23-10-8-19/h3-4H,2,5-10H2,1H3. The van der Waals surface area contributed by atoms with E-state index in [1.807, 2.05) is 4.90 Å². The van der Waals surface area contributed by atoms with Gasteiger partial charge in [0.25, 0.3) is 5.56 Å². The van der Waals surface area contributed by atoms with Gasteiger partial charge in [-0.05, 0) is 12.1 Å². The second kappa shape index (κ2) is 7.27. The van der Waals surface area contributed by atoms with Crippen LogP contribution in [0.1, 0.15) is 29.4 Å². The van der Waals surface area contributed by atoms with Crippen LogP contribution in [-0.2, 0) is 17.5 Å². The van der Waals surface area contributed by atoms with E-state index in [1.165, 1.54) is 0 Å². The minimum Gasteiger partial charge on any atom is -0.379 e. The SMILES string of the molecule is CCC(=O)c1ccc(C(F)(F)F)n(CCN2CCOCC2)c1=O. The first-order valence-corrected chi connectivity index (χ1v) is 7.49. The van der Waals surface area contributed by atoms with Crippen LogP contribution >= 0.6 is 0 Å². The molecular formula is C15H19F3N2O3. The number of pyridine rings is 1. The van der Waals surface area contributed by atoms with Crippen molar-refractivity contribution in [2.24, 2.45) is 0 Å². The van der Waals surface area contributed by atoms with Gasteiger partial charge in [-0.3, -0.25) is 14.5 Å². The average Bonchev–Trinajstić information content (AvgIpc) is 2.52. The lowest BCUT2D eigenvalue weighted by Crippen LogP contribution is -2.41. The summed E-state index contributed by atoms with van der Waals surface area (Å²) in [5.41, 5.74) is -2.09. The number of nitrogens with zero attached hydrogens (tertiary/aromatic N) is 2. The first-order chi connectivity index (χ1) is 10.8. The smallest absolute Gasteiger partial charge is 0.379 e. The van der Waals surface area contributed by atoms with Gasteiger partial charge in [0, 0.05) is 32.6 Å². The van der Waals surface area contributed by atoms with Crippen molar-refractivity contribution in [3.63, 3.8) is 0 Å². The second-order valence-corrected chi connectivity index (χ2v) is 5.32. The molecular weight excluding hydrogens is 313 g/mol. The number of ether oxygens (including phenoxy) is 1. The van der Waals surface area contributed by atoms with Gasteiger partial charge in [-0.1, -0.05) is 6.92 Å². The largest absolute Gasteiger partial charge is 0.431 e. The highest BCUT2D eigenvalue weighted by molar-refractivity contribution is 5.95. The van der Waals surface area contributed by atoms with Crippen molar-refractivity contribution in [3.05, 3.63) is 33.7 Å². The van der Waals surface area contributed by atoms with Crippen molar-refractivity contribution < 1.29 is 22.7 Å². The van der Waals surface area contributed by atoms with Crippen molar-refractivity contribution in [1.82, 2.24) is 9.47 Å². The van der Waals surface area contributed by atoms with Crippen LogP contribution in [0.4, 0.5) is 13.2 Å². The van der Waals surface area contributed by atoms with E-state index in [4.69, 9.17) is 4.74 Å². The monoisotopic (exact) mass is 332 g/mol. The van der Waals surface area contributed by atoms with E-state index in [0.29, 0.717) is 37.4 Å². The van der Waals surface area contributed by atoms with Gasteiger partial charge < -0.3 is 9.30 Å². The molecule has 128 valence electrons. The first kappa shape index (κ1) is 17.7. The maximum Gasteiger partial charge on any atom is 0.431 e. The Labute approximate surface area is 131 Å². The number of carbonyl (C=O) groups excluding carboxylic acids is 1. The molecule has 0 N–H and O–H groups in total. The normalized spacial score (nSPS) is 16.5. The predicted molar refractivity (Wildman–Crippen MR) is 77.6 cm³/mol. The Morgan fingerprint density at radius 1 is 1.22 bits per heavy atom. The number of Topliss-reactive ketones (excluding diaryl/α,β-unsaturated/α-hetero) is 1. The lowest BCUT2D eigenvalue weighted by Gasteiger charge is -2.27. The summed E-state index contributed by atoms with van der Waals surface area (Å²) in [5.74, 6) is -0.455. The summed E-state index contributed by atoms with van der Waals surface area (Å²) in [5, 5.41) is 0. The van der Waals surface area contributed by atoms with Crippen LogP contribution in [0.5, 0.6) is 0 Å². The summed E-state index contributed by atoms with van der Waals surface area (Å²) in [6, 6.07) is 1.78. The van der Waals surface area contributed by atoms with Crippen LogP contribution in [-0.4, -0.2) is 48.1 Å². The van der Waals surface area contributed by atoms with Crippen LogP contribution in [0.3, 0.4) is 0 Å². The third-order valence-corrected chi connectivity index (χ3v) is 3.83. The molecule has 1 aliphatic rings. The number of carbonyl (C=O) groups is 1. The molecule has 1 aromatic rings. The molecule has 8 heteroatoms. The molecule has 2 rings (SSSR count). The predicted octanol–water partition coefficient (Wildman–Crippen LogP) is 1.79. The zero-order valence-corrected chi connectivity index (χ0v) is 12.9. The Bertz CT molecular complexity index is 619. The molecule has 1 aliphatic heterocycles. The quantitative estimate of drug-likeness (QED) is 0.772. The van der Waals surface area contributed by atoms with Gasteiger partial charge in [0.05, 0.1) is 18.8 Å². The Morgan fingerprint density at radius 3 is 2.43 bits per heavy atom. The van der Waals surface area contributed by atoms with E-state index in [2.05, 4.69) is 0 Å². The molecule has 0 atom stereocenters. The minimum absolute atomic E-state index is 0.0735. The zero-order chi connectivity index (χ0) is 17.0. The van der Waals surface area contributed by atoms with Gasteiger partial charge in [0.1, 0.15) is 5.69 Å². The molecule has 2 heterocycles. The fourth-order valence-electron chi connectivity index (χ4n) is 2.52. The Balaban J connectivity index is 2.32. The molecule has 0 amide bonds. The van der Waals surface area contributed by atoms with Gasteiger partial charge in [-0.25, -0.2) is 0 Å². The van der Waals surface area contributed by atoms with Crippen molar-refractivity contribution in [1.29, 1.82) is 0 Å². The number of halogens is 3. The molecule has 1 saturated heterocycles. The summed E-state index contributed by atoms with van der Waals surface area (Å²) in [6.07, 6.45) is -4.57. The van der Waals surface area contributed by atoms with Crippen LogP contribution in [0.2, 0.25) is 0 Å². The Kier molecular flexibility index (Phi) is 5.59. The third-order valence-electron chi connectivity index (χ3n) is 3.83. The molecule has 0 bridgehead atoms. The molecule has 0 aromatic carbocycles. The maximum atomic E-state index is 13.1. The molecule has 1 aromatic heterocycles. The van der Waals surface area contributed by atoms with Crippen LogP contribution in [0.15, 0.2) is 16.9 Å². The molecule has 0 radical (unpaired) electrons. The van der Waals surface area contributed by atoms with E-state index >= 15 is 0 Å². The molecule has 0 spiro atoms. The van der Waals surface area contributed by atoms with Gasteiger partial charge in [0.2, 0.25) is 0 Å². The number of ketones is 1. The third kappa shape index (κ3) is 4.20. The Hall–Kier alpha value is -1.67. The summed E-state index contributed by atoms with van der Waals surface area (Å²) >= 11 is 0. The van der Waals surface area contributed by atoms with Crippen LogP contribution in [0, 0.1) is 0 Å². The van der Waals surface area contributed by atoms with E-state index in [9.17, 15) is 22.8 Å². The molecule has 0 unspecified atom stereocenters. The number of aromatic nitrogens is 1. The topological polar surface area (TPSA) is 51.5 Å². The van der Waals surface area contributed by atoms with Crippen molar-refractivity contribution in [2.75, 3.05) is 32.8 Å². The van der Waals surface area contributed by atoms with E-state index in [0.717, 1.165) is 12.1 Å². The Morgan fingerprint density at radius 2 is 1.87 bits per heavy atom. The van der Waals surface area contributed by atoms with Gasteiger partial charge in [-0.15, -0.1) is 0 Å². The van der Waals surface area contributed by atoms with E-state index in [1.54, 1.807) is 6.92 Å². The summed E-state index contributed by atoms with van der Waals surface area (Å²) in [6.45, 7) is 4.03. The first-order valence-electron chi connectivity index (χ1n) is 7.49. The number of morpholine rings is 1. The highest BCUT2D eigenvalue weighted by atomic mass is 19.4. The van der Waals surface area contributed by atoms with E-state index in [-0.39, 0.29) is 18.5 Å². The average molecular weight is 332 g/mol. The molecule has 23 heavy (non-hydrogen) atoms. The number of hydrogen-bond donors (Lipinski definition) is 0. The number of rotatable bonds is 5. The maximum absolute atomic E-state index is 13.1. The van der Waals surface area contributed by atoms with Gasteiger partial charge in [0.15, 0.2) is 5.78 Å². The molecule has 0 aliphatic carbocycles. The summed E-state index contributed by atoms with van der Waals surface area (Å²) < 4.78 is 45.2. The van der Waals surface area contributed by atoms with Crippen molar-refractivity contribution in [2.45, 2.75) is 26.1 Å². The molecule has 1 fully saturated rings. The fraction of sp³-hybridized carbons (Fsp3) is 0.600. The summed E-state index contributed by atoms with van der Waals surface area (Å²) in [7, 11) is 0. The zero-order valence-electron chi connectivity index (χ0n) is 12.9. The molecule has 5 nitrogen and oxygen atoms in total. The summed E-state index contributed by atoms with van der Waals surface area (Å²) in [4.78, 5) is 26.0. The van der Waals surface area contributed by atoms with Gasteiger partial charge in [-0.2, -0.15) is 13.2 Å². The van der Waals surface area contributed by atoms with Crippen LogP contribution < -0.4 is 5.56 Å². The number of hydrogen-bond acceptors (Lipinski definition) is 4. The lowest BCUT2D eigenvalue weighted by molar-refractivity contribution is -0.144. The van der Waals surface area contributed by atoms with Crippen molar-refractivity contribution >= 4 is 5.78 Å². The van der Waals surface area contributed by atoms with E-state index < -0.39 is 23.2 Å². The highest BCUT2D eigenvalue weighted by Gasteiger charge is 2.35. The minimum atomic E-state index is -4.64. The fourth-order valence-corrected chi connectivity index (χ4v) is 2.52. The second-order valence-electron chi connectivity index (χ2n) is 5.32. The lowest BCUT2D eigenvalue weighted by atomic mass is 10.1. The van der Waals surface area contributed by atoms with Crippen LogP contribution in [0.25, 0.3) is 0 Å². The number of alkyl halides is 3. The van der Waals surface area contributed by atoms with Gasteiger partial charge >= 0.3 is 6.18 Å². The van der Waals surface area contributed by atoms with Crippen molar-refractivity contribution in [3.8, 4) is 0 Å². The highest BCUT2D eigenvalue weighted by Crippen LogP contribution is 2.28. The molecule has 0 saturated carbocycles.